The Kier molecular flexibility index (Phi) is 3.18. The third-order valence-electron chi connectivity index (χ3n) is 3.55. The molecule has 0 aromatic heterocycles. The van der Waals surface area contributed by atoms with E-state index in [-0.39, 0.29) is 18.2 Å². The lowest BCUT2D eigenvalue weighted by Crippen LogP contribution is -2.42. The van der Waals surface area contributed by atoms with Gasteiger partial charge in [-0.1, -0.05) is 11.6 Å². The van der Waals surface area contributed by atoms with Crippen LogP contribution in [0.1, 0.15) is 21.5 Å². The molecule has 21 heavy (non-hydrogen) atoms. The number of aryl methyl sites for hydroxylation is 1. The number of hydrogen-bond donors (Lipinski definition) is 1. The van der Waals surface area contributed by atoms with E-state index in [1.165, 1.54) is 4.90 Å². The predicted molar refractivity (Wildman–Crippen MR) is 82.6 cm³/mol. The van der Waals surface area contributed by atoms with Gasteiger partial charge in [-0.15, -0.1) is 0 Å². The third-order valence-corrected chi connectivity index (χ3v) is 3.79. The maximum atomic E-state index is 12.6. The molecule has 2 aromatic rings. The Hall–Kier alpha value is -2.33. The number of nitrogens with two attached hydrogens (primary N) is 1. The average Bonchev–Trinajstić information content (AvgIpc) is 2.40. The van der Waals surface area contributed by atoms with Crippen LogP contribution in [-0.2, 0) is 11.2 Å². The fourth-order valence-electron chi connectivity index (χ4n) is 2.57. The number of carbonyl (C=O) groups is 2. The smallest absolute Gasteiger partial charge is 0.265 e. The molecule has 2 amide bonds. The van der Waals surface area contributed by atoms with Gasteiger partial charge in [0.25, 0.3) is 5.91 Å². The standard InChI is InChI=1S/C16H13ClN2O2/c1-9-6-12(18)3-5-14(9)19-15(20)8-10-7-11(17)2-4-13(10)16(19)21/h2-7H,8,18H2,1H3. The second-order valence-electron chi connectivity index (χ2n) is 5.06. The van der Waals surface area contributed by atoms with Crippen molar-refractivity contribution in [3.05, 3.63) is 58.1 Å². The van der Waals surface area contributed by atoms with E-state index in [0.717, 1.165) is 5.56 Å². The van der Waals surface area contributed by atoms with Crippen LogP contribution in [0.2, 0.25) is 5.02 Å². The number of nitrogen functional groups attached to an aromatic ring is 1. The molecule has 0 fully saturated rings. The van der Waals surface area contributed by atoms with Crippen LogP contribution in [0.3, 0.4) is 0 Å². The number of benzene rings is 2. The second-order valence-corrected chi connectivity index (χ2v) is 5.49. The van der Waals surface area contributed by atoms with Crippen molar-refractivity contribution in [1.82, 2.24) is 0 Å². The van der Waals surface area contributed by atoms with Crippen molar-refractivity contribution in [1.29, 1.82) is 0 Å². The molecular weight excluding hydrogens is 288 g/mol. The highest BCUT2D eigenvalue weighted by Gasteiger charge is 2.32. The molecule has 4 nitrogen and oxygen atoms in total. The van der Waals surface area contributed by atoms with Crippen LogP contribution in [0, 0.1) is 6.92 Å². The quantitative estimate of drug-likeness (QED) is 0.650. The highest BCUT2D eigenvalue weighted by Crippen LogP contribution is 2.30. The highest BCUT2D eigenvalue weighted by molar-refractivity contribution is 6.31. The Morgan fingerprint density at radius 2 is 1.90 bits per heavy atom. The molecule has 0 aliphatic carbocycles. The Bertz CT molecular complexity index is 771. The molecule has 0 unspecified atom stereocenters. The van der Waals surface area contributed by atoms with Gasteiger partial charge in [-0.2, -0.15) is 0 Å². The van der Waals surface area contributed by atoms with E-state index in [9.17, 15) is 9.59 Å². The largest absolute Gasteiger partial charge is 0.399 e. The fraction of sp³-hybridized carbons (Fsp3) is 0.125. The molecule has 106 valence electrons. The summed E-state index contributed by atoms with van der Waals surface area (Å²) in [5, 5.41) is 0.520. The molecule has 1 heterocycles. The van der Waals surface area contributed by atoms with Gasteiger partial charge in [0.15, 0.2) is 0 Å². The Morgan fingerprint density at radius 3 is 2.62 bits per heavy atom. The monoisotopic (exact) mass is 300 g/mol. The molecule has 0 spiro atoms. The predicted octanol–water partition coefficient (Wildman–Crippen LogP) is 2.96. The minimum absolute atomic E-state index is 0.158. The molecule has 0 saturated heterocycles. The number of hydrogen-bond acceptors (Lipinski definition) is 3. The summed E-state index contributed by atoms with van der Waals surface area (Å²) in [5.41, 5.74) is 8.85. The summed E-state index contributed by atoms with van der Waals surface area (Å²) >= 11 is 5.92. The number of fused-ring (bicyclic) bond motifs is 1. The zero-order valence-corrected chi connectivity index (χ0v) is 12.1. The van der Waals surface area contributed by atoms with Gasteiger partial charge in [0.05, 0.1) is 12.1 Å². The SMILES string of the molecule is Cc1cc(N)ccc1N1C(=O)Cc2cc(Cl)ccc2C1=O. The van der Waals surface area contributed by atoms with Gasteiger partial charge in [-0.25, -0.2) is 4.90 Å². The number of nitrogens with zero attached hydrogens (tertiary/aromatic N) is 1. The van der Waals surface area contributed by atoms with E-state index in [4.69, 9.17) is 17.3 Å². The van der Waals surface area contributed by atoms with Gasteiger partial charge < -0.3 is 5.73 Å². The van der Waals surface area contributed by atoms with E-state index >= 15 is 0 Å². The maximum absolute atomic E-state index is 12.6. The molecule has 0 atom stereocenters. The number of rotatable bonds is 1. The summed E-state index contributed by atoms with van der Waals surface area (Å²) in [7, 11) is 0. The number of carbonyl (C=O) groups excluding carboxylic acids is 2. The van der Waals surface area contributed by atoms with E-state index in [2.05, 4.69) is 0 Å². The molecule has 2 aromatic carbocycles. The topological polar surface area (TPSA) is 63.4 Å². The summed E-state index contributed by atoms with van der Waals surface area (Å²) < 4.78 is 0. The van der Waals surface area contributed by atoms with Crippen LogP contribution >= 0.6 is 11.6 Å². The normalized spacial score (nSPS) is 14.3. The lowest BCUT2D eigenvalue weighted by Gasteiger charge is -2.28. The fourth-order valence-corrected chi connectivity index (χ4v) is 2.76. The van der Waals surface area contributed by atoms with Crippen molar-refractivity contribution in [2.24, 2.45) is 0 Å². The second kappa shape index (κ2) is 4.90. The van der Waals surface area contributed by atoms with Crippen molar-refractivity contribution < 1.29 is 9.59 Å². The minimum Gasteiger partial charge on any atom is -0.399 e. The number of halogens is 1. The van der Waals surface area contributed by atoms with E-state index in [1.807, 2.05) is 6.92 Å². The molecular formula is C16H13ClN2O2. The third kappa shape index (κ3) is 2.28. The molecule has 1 aliphatic heterocycles. The number of anilines is 2. The summed E-state index contributed by atoms with van der Waals surface area (Å²) in [6, 6.07) is 10.1. The molecule has 0 radical (unpaired) electrons. The number of amides is 2. The first-order valence-electron chi connectivity index (χ1n) is 6.49. The lowest BCUT2D eigenvalue weighted by molar-refractivity contribution is -0.117. The Balaban J connectivity index is 2.10. The first-order chi connectivity index (χ1) is 9.97. The van der Waals surface area contributed by atoms with Gasteiger partial charge in [0.1, 0.15) is 0 Å². The zero-order valence-electron chi connectivity index (χ0n) is 11.4. The van der Waals surface area contributed by atoms with Gasteiger partial charge in [-0.3, -0.25) is 9.59 Å². The summed E-state index contributed by atoms with van der Waals surface area (Å²) in [5.74, 6) is -0.589. The van der Waals surface area contributed by atoms with E-state index < -0.39 is 0 Å². The molecule has 0 bridgehead atoms. The van der Waals surface area contributed by atoms with Crippen molar-refractivity contribution in [2.75, 3.05) is 10.6 Å². The van der Waals surface area contributed by atoms with Crippen LogP contribution in [0.5, 0.6) is 0 Å². The van der Waals surface area contributed by atoms with Crippen molar-refractivity contribution in [2.45, 2.75) is 13.3 Å². The van der Waals surface area contributed by atoms with Gasteiger partial charge in [-0.05, 0) is 54.4 Å². The maximum Gasteiger partial charge on any atom is 0.265 e. The van der Waals surface area contributed by atoms with E-state index in [1.54, 1.807) is 36.4 Å². The minimum atomic E-state index is -0.328. The molecule has 0 saturated carbocycles. The molecule has 1 aliphatic rings. The van der Waals surface area contributed by atoms with Crippen LogP contribution < -0.4 is 10.6 Å². The summed E-state index contributed by atoms with van der Waals surface area (Å²) in [6.45, 7) is 1.82. The molecule has 2 N–H and O–H groups in total. The first-order valence-corrected chi connectivity index (χ1v) is 6.87. The molecule has 5 heteroatoms. The van der Waals surface area contributed by atoms with Crippen LogP contribution in [0.15, 0.2) is 36.4 Å². The zero-order chi connectivity index (χ0) is 15.1. The Morgan fingerprint density at radius 1 is 1.14 bits per heavy atom. The van der Waals surface area contributed by atoms with Crippen molar-refractivity contribution in [3.8, 4) is 0 Å². The lowest BCUT2D eigenvalue weighted by atomic mass is 9.97. The summed E-state index contributed by atoms with van der Waals surface area (Å²) in [4.78, 5) is 26.2. The summed E-state index contributed by atoms with van der Waals surface area (Å²) in [6.07, 6.45) is 0.158. The van der Waals surface area contributed by atoms with Gasteiger partial charge in [0, 0.05) is 16.3 Å². The van der Waals surface area contributed by atoms with Gasteiger partial charge >= 0.3 is 0 Å². The van der Waals surface area contributed by atoms with Crippen LogP contribution in [-0.4, -0.2) is 11.8 Å². The van der Waals surface area contributed by atoms with Gasteiger partial charge in [0.2, 0.25) is 5.91 Å². The van der Waals surface area contributed by atoms with Crippen LogP contribution in [0.4, 0.5) is 11.4 Å². The average molecular weight is 301 g/mol. The van der Waals surface area contributed by atoms with E-state index in [0.29, 0.717) is 27.5 Å². The van der Waals surface area contributed by atoms with Crippen molar-refractivity contribution in [3.63, 3.8) is 0 Å². The number of imide groups is 1. The highest BCUT2D eigenvalue weighted by atomic mass is 35.5. The van der Waals surface area contributed by atoms with Crippen molar-refractivity contribution >= 4 is 34.8 Å². The van der Waals surface area contributed by atoms with Crippen LogP contribution in [0.25, 0.3) is 0 Å². The molecule has 3 rings (SSSR count). The Labute approximate surface area is 127 Å². The first kappa shape index (κ1) is 13.6.